The van der Waals surface area contributed by atoms with Crippen molar-refractivity contribution in [2.24, 2.45) is 0 Å². The molecule has 1 unspecified atom stereocenters. The van der Waals surface area contributed by atoms with E-state index in [9.17, 15) is 9.18 Å². The number of halogens is 1. The van der Waals surface area contributed by atoms with Gasteiger partial charge in [-0.2, -0.15) is 0 Å². The van der Waals surface area contributed by atoms with E-state index in [1.165, 1.54) is 12.1 Å². The van der Waals surface area contributed by atoms with Crippen molar-refractivity contribution in [1.82, 2.24) is 0 Å². The summed E-state index contributed by atoms with van der Waals surface area (Å²) in [6.07, 6.45) is -0.559. The summed E-state index contributed by atoms with van der Waals surface area (Å²) in [7, 11) is 0. The first kappa shape index (κ1) is 17.8. The second-order valence-corrected chi connectivity index (χ2v) is 5.07. The van der Waals surface area contributed by atoms with Crippen LogP contribution < -0.4 is 9.47 Å². The second-order valence-electron chi connectivity index (χ2n) is 5.07. The van der Waals surface area contributed by atoms with E-state index in [1.54, 1.807) is 37.3 Å². The largest absolute Gasteiger partial charge is 0.490 e. The van der Waals surface area contributed by atoms with Crippen LogP contribution in [0.4, 0.5) is 4.39 Å². The van der Waals surface area contributed by atoms with E-state index in [0.717, 1.165) is 5.56 Å². The number of para-hydroxylation sites is 2. The standard InChI is InChI=1S/C19H21FO4/c1-3-22-16-7-5-6-8-17(16)24-18(19(21)23-4-2)13-14-9-11-15(20)12-10-14/h5-12,18H,3-4,13H2,1-2H3. The summed E-state index contributed by atoms with van der Waals surface area (Å²) >= 11 is 0. The van der Waals surface area contributed by atoms with Crippen molar-refractivity contribution in [2.75, 3.05) is 13.2 Å². The molecule has 2 rings (SSSR count). The maximum absolute atomic E-state index is 13.0. The highest BCUT2D eigenvalue weighted by Gasteiger charge is 2.24. The van der Waals surface area contributed by atoms with Crippen molar-refractivity contribution < 1.29 is 23.4 Å². The Morgan fingerprint density at radius 2 is 1.67 bits per heavy atom. The molecule has 1 atom stereocenters. The predicted octanol–water partition coefficient (Wildman–Crippen LogP) is 3.78. The Hall–Kier alpha value is -2.56. The quantitative estimate of drug-likeness (QED) is 0.690. The molecule has 0 aliphatic heterocycles. The van der Waals surface area contributed by atoms with Crippen molar-refractivity contribution in [3.63, 3.8) is 0 Å². The van der Waals surface area contributed by atoms with E-state index in [1.807, 2.05) is 13.0 Å². The maximum Gasteiger partial charge on any atom is 0.347 e. The summed E-state index contributed by atoms with van der Waals surface area (Å²) in [4.78, 5) is 12.2. The first-order valence-corrected chi connectivity index (χ1v) is 7.93. The van der Waals surface area contributed by atoms with Gasteiger partial charge < -0.3 is 14.2 Å². The summed E-state index contributed by atoms with van der Waals surface area (Å²) in [5.41, 5.74) is 0.781. The minimum atomic E-state index is -0.836. The van der Waals surface area contributed by atoms with Crippen molar-refractivity contribution >= 4 is 5.97 Å². The minimum absolute atomic E-state index is 0.259. The summed E-state index contributed by atoms with van der Waals surface area (Å²) in [5, 5.41) is 0. The fourth-order valence-electron chi connectivity index (χ4n) is 2.22. The normalized spacial score (nSPS) is 11.6. The molecule has 24 heavy (non-hydrogen) atoms. The Balaban J connectivity index is 2.20. The molecule has 0 radical (unpaired) electrons. The van der Waals surface area contributed by atoms with Gasteiger partial charge in [-0.1, -0.05) is 24.3 Å². The number of carbonyl (C=O) groups excluding carboxylic acids is 1. The van der Waals surface area contributed by atoms with Crippen LogP contribution in [0.3, 0.4) is 0 Å². The monoisotopic (exact) mass is 332 g/mol. The highest BCUT2D eigenvalue weighted by molar-refractivity contribution is 5.75. The molecule has 0 bridgehead atoms. The fourth-order valence-corrected chi connectivity index (χ4v) is 2.22. The second kappa shape index (κ2) is 8.91. The lowest BCUT2D eigenvalue weighted by Gasteiger charge is -2.19. The van der Waals surface area contributed by atoms with Crippen LogP contribution in [-0.2, 0) is 16.0 Å². The predicted molar refractivity (Wildman–Crippen MR) is 88.8 cm³/mol. The molecule has 0 aliphatic carbocycles. The van der Waals surface area contributed by atoms with E-state index in [2.05, 4.69) is 0 Å². The third kappa shape index (κ3) is 4.98. The molecule has 2 aromatic carbocycles. The molecule has 0 saturated heterocycles. The van der Waals surface area contributed by atoms with E-state index in [-0.39, 0.29) is 18.8 Å². The van der Waals surface area contributed by atoms with Gasteiger partial charge >= 0.3 is 5.97 Å². The van der Waals surface area contributed by atoms with Gasteiger partial charge in [0.2, 0.25) is 0 Å². The Labute approximate surface area is 141 Å². The Bertz CT molecular complexity index is 655. The van der Waals surface area contributed by atoms with Gasteiger partial charge in [0.1, 0.15) is 5.82 Å². The number of hydrogen-bond acceptors (Lipinski definition) is 4. The van der Waals surface area contributed by atoms with Crippen LogP contribution in [0.25, 0.3) is 0 Å². The smallest absolute Gasteiger partial charge is 0.347 e. The molecule has 0 aromatic heterocycles. The number of ether oxygens (including phenoxy) is 3. The van der Waals surface area contributed by atoms with Crippen molar-refractivity contribution in [1.29, 1.82) is 0 Å². The highest BCUT2D eigenvalue weighted by Crippen LogP contribution is 2.28. The molecule has 0 fully saturated rings. The lowest BCUT2D eigenvalue weighted by molar-refractivity contribution is -0.151. The fraction of sp³-hybridized carbons (Fsp3) is 0.316. The molecule has 0 spiro atoms. The molecule has 4 nitrogen and oxygen atoms in total. The van der Waals surface area contributed by atoms with E-state index in [0.29, 0.717) is 18.1 Å². The first-order valence-electron chi connectivity index (χ1n) is 7.93. The molecular formula is C19H21FO4. The zero-order valence-corrected chi connectivity index (χ0v) is 13.8. The molecule has 0 N–H and O–H groups in total. The topological polar surface area (TPSA) is 44.8 Å². The van der Waals surface area contributed by atoms with Gasteiger partial charge in [-0.25, -0.2) is 9.18 Å². The Kier molecular flexibility index (Phi) is 6.61. The molecule has 0 aliphatic rings. The van der Waals surface area contributed by atoms with Crippen molar-refractivity contribution in [3.8, 4) is 11.5 Å². The zero-order chi connectivity index (χ0) is 17.4. The lowest BCUT2D eigenvalue weighted by atomic mass is 10.1. The van der Waals surface area contributed by atoms with E-state index >= 15 is 0 Å². The lowest BCUT2D eigenvalue weighted by Crippen LogP contribution is -2.31. The average Bonchev–Trinajstić information content (AvgIpc) is 2.58. The Morgan fingerprint density at radius 3 is 2.29 bits per heavy atom. The number of hydrogen-bond donors (Lipinski definition) is 0. The van der Waals surface area contributed by atoms with Crippen molar-refractivity contribution in [2.45, 2.75) is 26.4 Å². The van der Waals surface area contributed by atoms with Gasteiger partial charge in [-0.3, -0.25) is 0 Å². The average molecular weight is 332 g/mol. The molecular weight excluding hydrogens is 311 g/mol. The van der Waals surface area contributed by atoms with Crippen LogP contribution in [0, 0.1) is 5.82 Å². The summed E-state index contributed by atoms with van der Waals surface area (Å²) in [6, 6.07) is 13.1. The maximum atomic E-state index is 13.0. The number of benzene rings is 2. The van der Waals surface area contributed by atoms with Gasteiger partial charge in [0.05, 0.1) is 13.2 Å². The number of carbonyl (C=O) groups is 1. The molecule has 0 saturated carbocycles. The van der Waals surface area contributed by atoms with Gasteiger partial charge in [-0.15, -0.1) is 0 Å². The zero-order valence-electron chi connectivity index (χ0n) is 13.8. The molecule has 128 valence electrons. The number of esters is 1. The highest BCUT2D eigenvalue weighted by atomic mass is 19.1. The summed E-state index contributed by atoms with van der Waals surface area (Å²) < 4.78 is 29.5. The summed E-state index contributed by atoms with van der Waals surface area (Å²) in [6.45, 7) is 4.36. The third-order valence-corrected chi connectivity index (χ3v) is 3.30. The van der Waals surface area contributed by atoms with E-state index < -0.39 is 12.1 Å². The van der Waals surface area contributed by atoms with Crippen LogP contribution in [0.15, 0.2) is 48.5 Å². The molecule has 0 heterocycles. The van der Waals surface area contributed by atoms with Gasteiger partial charge in [0.15, 0.2) is 17.6 Å². The summed E-state index contributed by atoms with van der Waals surface area (Å²) in [5.74, 6) is 0.245. The van der Waals surface area contributed by atoms with Gasteiger partial charge in [0.25, 0.3) is 0 Å². The SMILES string of the molecule is CCOC(=O)C(Cc1ccc(F)cc1)Oc1ccccc1OCC. The third-order valence-electron chi connectivity index (χ3n) is 3.30. The van der Waals surface area contributed by atoms with Crippen LogP contribution in [0.1, 0.15) is 19.4 Å². The molecule has 0 amide bonds. The number of rotatable bonds is 8. The van der Waals surface area contributed by atoms with Crippen LogP contribution in [-0.4, -0.2) is 25.3 Å². The van der Waals surface area contributed by atoms with Crippen LogP contribution in [0.5, 0.6) is 11.5 Å². The van der Waals surface area contributed by atoms with Gasteiger partial charge in [0, 0.05) is 6.42 Å². The minimum Gasteiger partial charge on any atom is -0.490 e. The molecule has 5 heteroatoms. The van der Waals surface area contributed by atoms with Crippen molar-refractivity contribution in [3.05, 3.63) is 59.9 Å². The van der Waals surface area contributed by atoms with E-state index in [4.69, 9.17) is 14.2 Å². The van der Waals surface area contributed by atoms with Gasteiger partial charge in [-0.05, 0) is 43.7 Å². The molecule has 2 aromatic rings. The first-order chi connectivity index (χ1) is 11.6. The Morgan fingerprint density at radius 1 is 1.00 bits per heavy atom. The van der Waals surface area contributed by atoms with Crippen LogP contribution >= 0.6 is 0 Å². The van der Waals surface area contributed by atoms with Crippen LogP contribution in [0.2, 0.25) is 0 Å².